The Kier molecular flexibility index (Phi) is 5.18. The first-order chi connectivity index (χ1) is 12.9. The van der Waals surface area contributed by atoms with Gasteiger partial charge in [0, 0.05) is 11.4 Å². The van der Waals surface area contributed by atoms with Crippen LogP contribution in [0.4, 0.5) is 33.1 Å². The minimum absolute atomic E-state index is 0.0366. The quantitative estimate of drug-likeness (QED) is 0.457. The fourth-order valence-corrected chi connectivity index (χ4v) is 2.64. The molecule has 3 aromatic rings. The second-order valence-electron chi connectivity index (χ2n) is 5.80. The largest absolute Gasteiger partial charge is 0.353 e. The van der Waals surface area contributed by atoms with Crippen molar-refractivity contribution in [3.63, 3.8) is 0 Å². The van der Waals surface area contributed by atoms with E-state index >= 15 is 0 Å². The highest BCUT2D eigenvalue weighted by molar-refractivity contribution is 6.31. The summed E-state index contributed by atoms with van der Waals surface area (Å²) in [5.41, 5.74) is 2.72. The number of halogens is 2. The molecule has 0 unspecified atom stereocenters. The Balaban J connectivity index is 2.01. The molecule has 0 atom stereocenters. The van der Waals surface area contributed by atoms with E-state index in [2.05, 4.69) is 20.6 Å². The minimum Gasteiger partial charge on any atom is -0.334 e. The van der Waals surface area contributed by atoms with Gasteiger partial charge in [-0.3, -0.25) is 10.1 Å². The molecule has 7 nitrogen and oxygen atoms in total. The van der Waals surface area contributed by atoms with Gasteiger partial charge in [-0.2, -0.15) is 0 Å². The molecule has 2 aromatic carbocycles. The van der Waals surface area contributed by atoms with Gasteiger partial charge in [0.05, 0.1) is 9.95 Å². The summed E-state index contributed by atoms with van der Waals surface area (Å²) < 4.78 is 13.3. The predicted molar refractivity (Wildman–Crippen MR) is 103 cm³/mol. The molecule has 0 aliphatic rings. The zero-order chi connectivity index (χ0) is 19.6. The van der Waals surface area contributed by atoms with Crippen molar-refractivity contribution in [1.82, 2.24) is 9.97 Å². The summed E-state index contributed by atoms with van der Waals surface area (Å²) in [7, 11) is 0. The maximum absolute atomic E-state index is 13.3. The topological polar surface area (TPSA) is 93.0 Å². The van der Waals surface area contributed by atoms with E-state index in [1.54, 1.807) is 6.07 Å². The van der Waals surface area contributed by atoms with Crippen LogP contribution in [0, 0.1) is 29.8 Å². The molecular weight excluding hydrogens is 373 g/mol. The van der Waals surface area contributed by atoms with E-state index < -0.39 is 10.7 Å². The molecule has 3 rings (SSSR count). The Bertz CT molecular complexity index is 1030. The number of hydrogen-bond donors (Lipinski definition) is 2. The van der Waals surface area contributed by atoms with Crippen LogP contribution < -0.4 is 10.6 Å². The fraction of sp³-hybridized carbons (Fsp3) is 0.111. The van der Waals surface area contributed by atoms with E-state index in [1.165, 1.54) is 18.5 Å². The molecule has 0 spiro atoms. The number of aromatic nitrogens is 2. The summed E-state index contributed by atoms with van der Waals surface area (Å²) in [6.45, 7) is 3.85. The Labute approximate surface area is 159 Å². The molecule has 0 saturated carbocycles. The average molecular weight is 388 g/mol. The third-order valence-electron chi connectivity index (χ3n) is 4.04. The van der Waals surface area contributed by atoms with Gasteiger partial charge in [-0.15, -0.1) is 0 Å². The molecule has 0 saturated heterocycles. The number of nitrogens with one attached hydrogen (secondary N) is 2. The monoisotopic (exact) mass is 387 g/mol. The molecule has 1 heterocycles. The first-order valence-electron chi connectivity index (χ1n) is 7.91. The van der Waals surface area contributed by atoms with E-state index in [-0.39, 0.29) is 22.3 Å². The lowest BCUT2D eigenvalue weighted by Crippen LogP contribution is -2.06. The van der Waals surface area contributed by atoms with Gasteiger partial charge in [0.1, 0.15) is 12.1 Å². The third kappa shape index (κ3) is 3.95. The van der Waals surface area contributed by atoms with E-state index in [1.807, 2.05) is 26.0 Å². The highest BCUT2D eigenvalue weighted by atomic mass is 35.5. The van der Waals surface area contributed by atoms with Crippen molar-refractivity contribution >= 4 is 40.3 Å². The SMILES string of the molecule is Cc1cccc(Nc2ncnc(Nc3ccc(F)c(Cl)c3)c2[N+](=O)[O-])c1C. The van der Waals surface area contributed by atoms with Gasteiger partial charge < -0.3 is 10.6 Å². The summed E-state index contributed by atoms with van der Waals surface area (Å²) in [6.07, 6.45) is 1.20. The molecular formula is C18H15ClFN5O2. The van der Waals surface area contributed by atoms with Crippen LogP contribution in [0.25, 0.3) is 0 Å². The van der Waals surface area contributed by atoms with Gasteiger partial charge in [0.15, 0.2) is 0 Å². The van der Waals surface area contributed by atoms with Gasteiger partial charge in [-0.25, -0.2) is 14.4 Å². The highest BCUT2D eigenvalue weighted by Crippen LogP contribution is 2.34. The standard InChI is InChI=1S/C18H15ClFN5O2/c1-10-4-3-5-15(11(10)2)24-18-16(25(26)27)17(21-9-22-18)23-12-6-7-14(20)13(19)8-12/h3-9H,1-2H3,(H2,21,22,23,24). The summed E-state index contributed by atoms with van der Waals surface area (Å²) in [4.78, 5) is 19.0. The molecule has 9 heteroatoms. The number of benzene rings is 2. The van der Waals surface area contributed by atoms with Crippen LogP contribution in [0.3, 0.4) is 0 Å². The van der Waals surface area contributed by atoms with Crippen LogP contribution in [0.5, 0.6) is 0 Å². The van der Waals surface area contributed by atoms with Crippen molar-refractivity contribution in [2.45, 2.75) is 13.8 Å². The Morgan fingerprint density at radius 1 is 1.11 bits per heavy atom. The number of rotatable bonds is 5. The van der Waals surface area contributed by atoms with Gasteiger partial charge in [0.25, 0.3) is 0 Å². The van der Waals surface area contributed by atoms with Crippen LogP contribution >= 0.6 is 11.6 Å². The van der Waals surface area contributed by atoms with E-state index in [0.717, 1.165) is 17.2 Å². The first kappa shape index (κ1) is 18.5. The molecule has 1 aromatic heterocycles. The van der Waals surface area contributed by atoms with Crippen LogP contribution in [-0.2, 0) is 0 Å². The second kappa shape index (κ2) is 7.55. The lowest BCUT2D eigenvalue weighted by Gasteiger charge is -2.13. The molecule has 0 aliphatic heterocycles. The first-order valence-corrected chi connectivity index (χ1v) is 8.29. The second-order valence-corrected chi connectivity index (χ2v) is 6.21. The van der Waals surface area contributed by atoms with Crippen molar-refractivity contribution < 1.29 is 9.31 Å². The Morgan fingerprint density at radius 2 is 1.81 bits per heavy atom. The highest BCUT2D eigenvalue weighted by Gasteiger charge is 2.24. The van der Waals surface area contributed by atoms with Gasteiger partial charge in [-0.1, -0.05) is 23.7 Å². The van der Waals surface area contributed by atoms with Gasteiger partial charge in [0.2, 0.25) is 11.6 Å². The van der Waals surface area contributed by atoms with Crippen LogP contribution in [0.15, 0.2) is 42.7 Å². The van der Waals surface area contributed by atoms with Crippen LogP contribution in [0.2, 0.25) is 5.02 Å². The molecule has 0 radical (unpaired) electrons. The number of nitrogens with zero attached hydrogens (tertiary/aromatic N) is 3. The number of anilines is 4. The Hall–Kier alpha value is -3.26. The number of aryl methyl sites for hydroxylation is 1. The molecule has 138 valence electrons. The van der Waals surface area contributed by atoms with Crippen molar-refractivity contribution in [3.05, 3.63) is 74.8 Å². The molecule has 0 bridgehead atoms. The van der Waals surface area contributed by atoms with Gasteiger partial charge in [-0.05, 0) is 49.2 Å². The number of nitro groups is 1. The van der Waals surface area contributed by atoms with Crippen LogP contribution in [0.1, 0.15) is 11.1 Å². The van der Waals surface area contributed by atoms with Crippen molar-refractivity contribution in [3.8, 4) is 0 Å². The van der Waals surface area contributed by atoms with Gasteiger partial charge >= 0.3 is 5.69 Å². The van der Waals surface area contributed by atoms with Crippen molar-refractivity contribution in [1.29, 1.82) is 0 Å². The Morgan fingerprint density at radius 3 is 2.48 bits per heavy atom. The summed E-state index contributed by atoms with van der Waals surface area (Å²) in [5.74, 6) is -0.582. The summed E-state index contributed by atoms with van der Waals surface area (Å²) in [5, 5.41) is 17.3. The minimum atomic E-state index is -0.586. The zero-order valence-electron chi connectivity index (χ0n) is 14.5. The van der Waals surface area contributed by atoms with Crippen molar-refractivity contribution in [2.24, 2.45) is 0 Å². The maximum Gasteiger partial charge on any atom is 0.353 e. The maximum atomic E-state index is 13.3. The fourth-order valence-electron chi connectivity index (χ4n) is 2.46. The molecule has 2 N–H and O–H groups in total. The third-order valence-corrected chi connectivity index (χ3v) is 4.33. The lowest BCUT2D eigenvalue weighted by molar-refractivity contribution is -0.383. The summed E-state index contributed by atoms with van der Waals surface area (Å²) in [6, 6.07) is 9.48. The van der Waals surface area contributed by atoms with E-state index in [0.29, 0.717) is 11.4 Å². The number of hydrogen-bond acceptors (Lipinski definition) is 6. The molecule has 27 heavy (non-hydrogen) atoms. The molecule has 0 amide bonds. The molecule has 0 fully saturated rings. The molecule has 0 aliphatic carbocycles. The van der Waals surface area contributed by atoms with Crippen molar-refractivity contribution in [2.75, 3.05) is 10.6 Å². The zero-order valence-corrected chi connectivity index (χ0v) is 15.2. The predicted octanol–water partition coefficient (Wildman–Crippen LogP) is 5.28. The lowest BCUT2D eigenvalue weighted by atomic mass is 10.1. The van der Waals surface area contributed by atoms with E-state index in [4.69, 9.17) is 11.6 Å². The normalized spacial score (nSPS) is 10.5. The summed E-state index contributed by atoms with van der Waals surface area (Å²) >= 11 is 5.76. The van der Waals surface area contributed by atoms with E-state index in [9.17, 15) is 14.5 Å². The average Bonchev–Trinajstić information content (AvgIpc) is 2.62. The van der Waals surface area contributed by atoms with Crippen LogP contribution in [-0.4, -0.2) is 14.9 Å². The smallest absolute Gasteiger partial charge is 0.334 e.